The lowest BCUT2D eigenvalue weighted by Crippen LogP contribution is -2.56. The second-order valence-electron chi connectivity index (χ2n) is 5.58. The van der Waals surface area contributed by atoms with Gasteiger partial charge in [0.05, 0.1) is 6.07 Å². The molecule has 1 rings (SSSR count). The van der Waals surface area contributed by atoms with Crippen LogP contribution in [-0.2, 0) is 4.79 Å². The maximum absolute atomic E-state index is 11.2. The maximum Gasteiger partial charge on any atom is 0.252 e. The Hall–Kier alpha value is -1.54. The summed E-state index contributed by atoms with van der Waals surface area (Å²) in [6.07, 6.45) is 2.71. The Kier molecular flexibility index (Phi) is 3.79. The molecule has 0 radical (unpaired) electrons. The molecule has 0 saturated heterocycles. The molecule has 1 aliphatic heterocycles. The zero-order valence-corrected chi connectivity index (χ0v) is 10.8. The van der Waals surface area contributed by atoms with Crippen LogP contribution in [0.25, 0.3) is 0 Å². The highest BCUT2D eigenvalue weighted by atomic mass is 16.2. The van der Waals surface area contributed by atoms with Crippen LogP contribution < -0.4 is 16.2 Å². The van der Waals surface area contributed by atoms with E-state index in [2.05, 4.69) is 43.9 Å². The summed E-state index contributed by atoms with van der Waals surface area (Å²) in [7, 11) is 0. The van der Waals surface area contributed by atoms with E-state index in [1.54, 1.807) is 6.07 Å². The molecule has 0 atom stereocenters. The van der Waals surface area contributed by atoms with E-state index in [-0.39, 0.29) is 23.4 Å². The van der Waals surface area contributed by atoms with E-state index in [0.29, 0.717) is 0 Å². The molecular weight excluding hydrogens is 216 g/mol. The Labute approximate surface area is 102 Å². The topological polar surface area (TPSA) is 76.9 Å². The summed E-state index contributed by atoms with van der Waals surface area (Å²) < 4.78 is 0. The quantitative estimate of drug-likeness (QED) is 0.638. The fourth-order valence-electron chi connectivity index (χ4n) is 2.26. The number of nitriles is 1. The van der Waals surface area contributed by atoms with Gasteiger partial charge >= 0.3 is 0 Å². The molecule has 0 spiro atoms. The lowest BCUT2D eigenvalue weighted by atomic mass is 9.86. The maximum atomic E-state index is 11.2. The number of carbonyl (C=O) groups is 1. The van der Waals surface area contributed by atoms with Crippen LogP contribution in [0.15, 0.2) is 11.8 Å². The molecule has 5 nitrogen and oxygen atoms in total. The Bertz CT molecular complexity index is 376. The van der Waals surface area contributed by atoms with Crippen molar-refractivity contribution < 1.29 is 4.79 Å². The number of nitrogens with one attached hydrogen (secondary N) is 3. The fraction of sp³-hybridized carbons (Fsp3) is 0.667. The number of amides is 1. The van der Waals surface area contributed by atoms with Gasteiger partial charge in [-0.05, 0) is 33.8 Å². The van der Waals surface area contributed by atoms with Crippen molar-refractivity contribution in [1.29, 1.82) is 5.26 Å². The minimum absolute atomic E-state index is 0.0272. The van der Waals surface area contributed by atoms with Gasteiger partial charge in [0.15, 0.2) is 0 Å². The van der Waals surface area contributed by atoms with E-state index in [1.165, 1.54) is 0 Å². The SMILES string of the molecule is CC1(C)C=C(NNC(=O)CC#N)CC(C)(C)N1. The predicted molar refractivity (Wildman–Crippen MR) is 65.5 cm³/mol. The Morgan fingerprint density at radius 1 is 1.53 bits per heavy atom. The van der Waals surface area contributed by atoms with Crippen molar-refractivity contribution in [1.82, 2.24) is 16.2 Å². The third-order valence-electron chi connectivity index (χ3n) is 2.43. The highest BCUT2D eigenvalue weighted by Crippen LogP contribution is 2.25. The van der Waals surface area contributed by atoms with Crippen LogP contribution in [0.3, 0.4) is 0 Å². The van der Waals surface area contributed by atoms with Crippen LogP contribution in [0.4, 0.5) is 0 Å². The molecule has 1 heterocycles. The Morgan fingerprint density at radius 3 is 2.71 bits per heavy atom. The molecule has 17 heavy (non-hydrogen) atoms. The summed E-state index contributed by atoms with van der Waals surface area (Å²) in [6, 6.07) is 1.80. The van der Waals surface area contributed by atoms with Crippen LogP contribution in [0.1, 0.15) is 40.5 Å². The second-order valence-corrected chi connectivity index (χ2v) is 5.58. The van der Waals surface area contributed by atoms with Gasteiger partial charge < -0.3 is 10.7 Å². The number of nitrogens with zero attached hydrogens (tertiary/aromatic N) is 1. The fourth-order valence-corrected chi connectivity index (χ4v) is 2.26. The van der Waals surface area contributed by atoms with Gasteiger partial charge in [-0.1, -0.05) is 0 Å². The largest absolute Gasteiger partial charge is 0.303 e. The number of rotatable bonds is 3. The summed E-state index contributed by atoms with van der Waals surface area (Å²) in [5, 5.41) is 11.9. The molecule has 0 aromatic heterocycles. The van der Waals surface area contributed by atoms with E-state index in [1.807, 2.05) is 6.08 Å². The number of hydrazine groups is 1. The van der Waals surface area contributed by atoms with Crippen LogP contribution >= 0.6 is 0 Å². The summed E-state index contributed by atoms with van der Waals surface area (Å²) in [4.78, 5) is 11.2. The minimum Gasteiger partial charge on any atom is -0.303 e. The predicted octanol–water partition coefficient (Wildman–Crippen LogP) is 0.955. The van der Waals surface area contributed by atoms with Gasteiger partial charge in [-0.15, -0.1) is 0 Å². The summed E-state index contributed by atoms with van der Waals surface area (Å²) in [6.45, 7) is 8.38. The van der Waals surface area contributed by atoms with E-state index >= 15 is 0 Å². The molecule has 0 aliphatic carbocycles. The van der Waals surface area contributed by atoms with Crippen molar-refractivity contribution in [3.63, 3.8) is 0 Å². The normalized spacial score (nSPS) is 21.0. The average Bonchev–Trinajstić information content (AvgIpc) is 2.10. The third kappa shape index (κ3) is 4.45. The molecule has 1 aliphatic rings. The first kappa shape index (κ1) is 13.5. The van der Waals surface area contributed by atoms with Gasteiger partial charge in [-0.25, -0.2) is 0 Å². The molecule has 5 heteroatoms. The third-order valence-corrected chi connectivity index (χ3v) is 2.43. The molecule has 0 aromatic rings. The van der Waals surface area contributed by atoms with Gasteiger partial charge in [0.2, 0.25) is 0 Å². The van der Waals surface area contributed by atoms with E-state index in [9.17, 15) is 4.79 Å². The summed E-state index contributed by atoms with van der Waals surface area (Å²) in [5.74, 6) is -0.317. The van der Waals surface area contributed by atoms with Crippen molar-refractivity contribution >= 4 is 5.91 Å². The lowest BCUT2D eigenvalue weighted by molar-refractivity contribution is -0.120. The molecule has 0 aromatic carbocycles. The smallest absolute Gasteiger partial charge is 0.252 e. The first-order valence-corrected chi connectivity index (χ1v) is 5.67. The first-order valence-electron chi connectivity index (χ1n) is 5.67. The van der Waals surface area contributed by atoms with Crippen molar-refractivity contribution in [3.05, 3.63) is 11.8 Å². The molecule has 0 unspecified atom stereocenters. The van der Waals surface area contributed by atoms with Crippen molar-refractivity contribution in [2.45, 2.75) is 51.6 Å². The van der Waals surface area contributed by atoms with Gasteiger partial charge in [-0.2, -0.15) is 5.26 Å². The second kappa shape index (κ2) is 4.76. The number of hydrogen-bond acceptors (Lipinski definition) is 4. The highest BCUT2D eigenvalue weighted by molar-refractivity contribution is 5.77. The zero-order valence-electron chi connectivity index (χ0n) is 10.8. The van der Waals surface area contributed by atoms with Crippen molar-refractivity contribution in [2.75, 3.05) is 0 Å². The molecule has 1 amide bonds. The standard InChI is InChI=1S/C12H20N4O/c1-11(2)7-9(8-12(3,4)16-11)14-15-10(17)5-6-13/h7,14,16H,5,8H2,1-4H3,(H,15,17). The van der Waals surface area contributed by atoms with Crippen molar-refractivity contribution in [2.24, 2.45) is 0 Å². The van der Waals surface area contributed by atoms with Crippen LogP contribution in [0, 0.1) is 11.3 Å². The lowest BCUT2D eigenvalue weighted by Gasteiger charge is -2.41. The average molecular weight is 236 g/mol. The zero-order chi connectivity index (χ0) is 13.1. The molecular formula is C12H20N4O. The first-order chi connectivity index (χ1) is 7.74. The van der Waals surface area contributed by atoms with Crippen LogP contribution in [0.5, 0.6) is 0 Å². The molecule has 94 valence electrons. The van der Waals surface area contributed by atoms with Crippen molar-refractivity contribution in [3.8, 4) is 6.07 Å². The van der Waals surface area contributed by atoms with E-state index in [0.717, 1.165) is 12.1 Å². The van der Waals surface area contributed by atoms with E-state index < -0.39 is 0 Å². The van der Waals surface area contributed by atoms with Gasteiger partial charge in [-0.3, -0.25) is 10.2 Å². The summed E-state index contributed by atoms with van der Waals surface area (Å²) in [5.41, 5.74) is 6.22. The van der Waals surface area contributed by atoms with Crippen LogP contribution in [-0.4, -0.2) is 17.0 Å². The summed E-state index contributed by atoms with van der Waals surface area (Å²) >= 11 is 0. The molecule has 0 bridgehead atoms. The monoisotopic (exact) mass is 236 g/mol. The Morgan fingerprint density at radius 2 is 2.18 bits per heavy atom. The highest BCUT2D eigenvalue weighted by Gasteiger charge is 2.32. The number of hydrogen-bond donors (Lipinski definition) is 3. The number of carbonyl (C=O) groups excluding carboxylic acids is 1. The minimum atomic E-state index is -0.317. The van der Waals surface area contributed by atoms with E-state index in [4.69, 9.17) is 5.26 Å². The van der Waals surface area contributed by atoms with Gasteiger partial charge in [0, 0.05) is 23.2 Å². The van der Waals surface area contributed by atoms with Crippen LogP contribution in [0.2, 0.25) is 0 Å². The molecule has 3 N–H and O–H groups in total. The molecule has 0 saturated carbocycles. The van der Waals surface area contributed by atoms with Gasteiger partial charge in [0.1, 0.15) is 6.42 Å². The molecule has 0 fully saturated rings. The Balaban J connectivity index is 2.62. The van der Waals surface area contributed by atoms with Gasteiger partial charge in [0.25, 0.3) is 5.91 Å².